The number of nitrogens with zero attached hydrogens (tertiary/aromatic N) is 8. The third-order valence-corrected chi connectivity index (χ3v) is 10.8. The Hall–Kier alpha value is -7.40. The quantitative estimate of drug-likeness (QED) is 0.0684. The molecule has 8 bridgehead atoms. The van der Waals surface area contributed by atoms with Crippen molar-refractivity contribution in [2.45, 2.75) is 6.18 Å². The van der Waals surface area contributed by atoms with Crippen molar-refractivity contribution < 1.29 is 56.0 Å². The molecule has 14 nitrogen and oxygen atoms in total. The average molecular weight is 938 g/mol. The van der Waals surface area contributed by atoms with E-state index in [0.717, 1.165) is 32.7 Å². The monoisotopic (exact) mass is 936 g/mol. The van der Waals surface area contributed by atoms with Crippen LogP contribution in [0.4, 0.5) is 13.2 Å². The first kappa shape index (κ1) is 42.5. The first-order chi connectivity index (χ1) is 31.7. The van der Waals surface area contributed by atoms with Crippen molar-refractivity contribution in [3.63, 3.8) is 0 Å². The summed E-state index contributed by atoms with van der Waals surface area (Å²) in [5.41, 5.74) is 2.38. The molecule has 18 heteroatoms. The van der Waals surface area contributed by atoms with E-state index in [0.29, 0.717) is 68.8 Å². The summed E-state index contributed by atoms with van der Waals surface area (Å²) in [6.07, 6.45) is -4.70. The Morgan fingerprint density at radius 3 is 1.56 bits per heavy atom. The molecule has 5 aromatic carbocycles. The first-order valence-corrected chi connectivity index (χ1v) is 20.4. The van der Waals surface area contributed by atoms with Crippen LogP contribution >= 0.6 is 0 Å². The van der Waals surface area contributed by atoms with E-state index in [4.69, 9.17) is 63.2 Å². The fourth-order valence-corrected chi connectivity index (χ4v) is 7.86. The van der Waals surface area contributed by atoms with Gasteiger partial charge in [0, 0.05) is 56.8 Å². The zero-order valence-corrected chi connectivity index (χ0v) is 37.5. The maximum Gasteiger partial charge on any atom is 2.00 e. The Kier molecular flexibility index (Phi) is 11.3. The summed E-state index contributed by atoms with van der Waals surface area (Å²) < 4.78 is 68.4. The number of halogens is 3. The molecule has 0 fully saturated rings. The largest absolute Gasteiger partial charge is 2.00 e. The fraction of sp³-hybridized carbons (Fsp3) is 0.146. The molecule has 0 saturated heterocycles. The van der Waals surface area contributed by atoms with Crippen LogP contribution in [0.3, 0.4) is 0 Å². The third-order valence-electron chi connectivity index (χ3n) is 10.8. The van der Waals surface area contributed by atoms with Gasteiger partial charge in [0.2, 0.25) is 0 Å². The molecule has 9 aromatic rings. The van der Waals surface area contributed by atoms with Crippen LogP contribution in [0, 0.1) is 0 Å². The zero-order valence-electron chi connectivity index (χ0n) is 34.6. The van der Waals surface area contributed by atoms with Gasteiger partial charge in [0.05, 0.1) is 60.9 Å². The van der Waals surface area contributed by atoms with Gasteiger partial charge in [-0.2, -0.15) is 13.2 Å². The molecule has 0 aliphatic carbocycles. The second-order valence-corrected chi connectivity index (χ2v) is 14.9. The van der Waals surface area contributed by atoms with Gasteiger partial charge in [0.1, 0.15) is 30.3 Å². The van der Waals surface area contributed by atoms with Gasteiger partial charge in [-0.05, 0) is 39.7 Å². The van der Waals surface area contributed by atoms with Crippen LogP contribution in [0.15, 0.2) is 124 Å². The molecular weight excluding hydrogens is 907 g/mol. The van der Waals surface area contributed by atoms with Crippen molar-refractivity contribution in [1.29, 1.82) is 0 Å². The van der Waals surface area contributed by atoms with E-state index in [2.05, 4.69) is 0 Å². The Morgan fingerprint density at radius 1 is 0.500 bits per heavy atom. The van der Waals surface area contributed by atoms with Gasteiger partial charge in [0.25, 0.3) is 0 Å². The molecule has 6 heterocycles. The topological polar surface area (TPSA) is 173 Å². The molecule has 322 valence electrons. The van der Waals surface area contributed by atoms with Crippen molar-refractivity contribution in [2.24, 2.45) is 0 Å². The maximum absolute atomic E-state index is 13.4. The van der Waals surface area contributed by atoms with Gasteiger partial charge in [-0.1, -0.05) is 84.9 Å². The molecule has 4 aromatic heterocycles. The number of aromatic nitrogens is 8. The Labute approximate surface area is 383 Å². The van der Waals surface area contributed by atoms with E-state index < -0.39 is 17.4 Å². The minimum atomic E-state index is -4.70. The molecule has 0 atom stereocenters. The number of benzene rings is 5. The minimum Gasteiger partial charge on any atom is -0.491 e. The second-order valence-electron chi connectivity index (χ2n) is 14.9. The van der Waals surface area contributed by atoms with Gasteiger partial charge in [-0.25, -0.2) is 14.8 Å². The van der Waals surface area contributed by atoms with E-state index in [1.807, 2.05) is 91.0 Å². The number of alkyl halides is 3. The summed E-state index contributed by atoms with van der Waals surface area (Å²) in [6.45, 7) is 1.20. The molecule has 0 N–H and O–H groups in total. The Morgan fingerprint density at radius 2 is 0.985 bits per heavy atom. The normalized spacial score (nSPS) is 12.0. The van der Waals surface area contributed by atoms with Crippen molar-refractivity contribution in [1.82, 2.24) is 39.9 Å². The molecule has 0 unspecified atom stereocenters. The molecule has 0 radical (unpaired) electrons. The van der Waals surface area contributed by atoms with Gasteiger partial charge in [-0.15, -0.1) is 0 Å². The summed E-state index contributed by atoms with van der Waals surface area (Å²) in [5.74, 6) is 2.46. The second kappa shape index (κ2) is 17.5. The van der Waals surface area contributed by atoms with E-state index in [1.54, 1.807) is 0 Å². The van der Waals surface area contributed by atoms with Gasteiger partial charge < -0.3 is 53.3 Å². The molecule has 11 rings (SSSR count). The third kappa shape index (κ3) is 8.03. The van der Waals surface area contributed by atoms with Crippen LogP contribution < -0.4 is 25.1 Å². The maximum atomic E-state index is 13.4. The molecule has 2 aliphatic rings. The van der Waals surface area contributed by atoms with E-state index >= 15 is 0 Å². The standard InChI is InChI=1S/C48H31F3N8O6.Zn/c49-48(50,51)35-25-38(60)65-37-24-26(16-17-33(35)37)63-22-20-61-18-19-62-21-23-64-36-15-7-14-34-39(36)47-58-45-32-13-6-5-12-31(32)43(56-45)54-41-28-9-2-1-8-27(28)40(52-41)53-42-29-10-3-4-11-30(29)44(55-42)57-46(34)59-47;/h1-17,24-25H,18-23H2;/q-2;+2. The van der Waals surface area contributed by atoms with Crippen LogP contribution in [0.1, 0.15) is 5.56 Å². The molecule has 0 amide bonds. The van der Waals surface area contributed by atoms with Crippen molar-refractivity contribution in [2.75, 3.05) is 39.6 Å². The van der Waals surface area contributed by atoms with Crippen LogP contribution in [0.5, 0.6) is 11.5 Å². The smallest absolute Gasteiger partial charge is 0.491 e. The number of hydrogen-bond donors (Lipinski definition) is 0. The first-order valence-electron chi connectivity index (χ1n) is 20.4. The van der Waals surface area contributed by atoms with E-state index in [9.17, 15) is 18.0 Å². The molecule has 2 aliphatic heterocycles. The van der Waals surface area contributed by atoms with Crippen molar-refractivity contribution >= 4 is 55.1 Å². The Bertz CT molecular complexity index is 3570. The SMILES string of the molecule is O=c1cc(C(F)(F)F)c2ccc(OCCOCCOCCOc3cccc4c3-c3nc-4nc4[n-]c(nc5nc(nc6[n-]c(n3)c3ccccc63)-c3ccccc3-5)c3ccccc43)cc2o1.[Zn+2]. The fourth-order valence-electron chi connectivity index (χ4n) is 7.86. The Balaban J connectivity index is 0.00000511. The predicted molar refractivity (Wildman–Crippen MR) is 234 cm³/mol. The summed E-state index contributed by atoms with van der Waals surface area (Å²) in [4.78, 5) is 51.5. The predicted octanol–water partition coefficient (Wildman–Crippen LogP) is 8.74. The average Bonchev–Trinajstić information content (AvgIpc) is 4.05. The van der Waals surface area contributed by atoms with Crippen LogP contribution in [-0.2, 0) is 35.1 Å². The van der Waals surface area contributed by atoms with Gasteiger partial charge >= 0.3 is 31.3 Å². The molecule has 0 spiro atoms. The summed E-state index contributed by atoms with van der Waals surface area (Å²) >= 11 is 0. The summed E-state index contributed by atoms with van der Waals surface area (Å²) in [7, 11) is 0. The number of rotatable bonds is 11. The van der Waals surface area contributed by atoms with Crippen LogP contribution in [0.25, 0.3) is 101 Å². The zero-order chi connectivity index (χ0) is 44.1. The van der Waals surface area contributed by atoms with Crippen molar-refractivity contribution in [3.8, 4) is 57.1 Å². The number of hydrogen-bond acceptors (Lipinski definition) is 12. The minimum absolute atomic E-state index is 0. The van der Waals surface area contributed by atoms with Gasteiger partial charge in [0.15, 0.2) is 0 Å². The molecule has 66 heavy (non-hydrogen) atoms. The van der Waals surface area contributed by atoms with E-state index in [1.165, 1.54) is 18.2 Å². The van der Waals surface area contributed by atoms with Crippen LogP contribution in [0.2, 0.25) is 0 Å². The summed E-state index contributed by atoms with van der Waals surface area (Å²) in [6, 6.07) is 33.2. The van der Waals surface area contributed by atoms with Crippen LogP contribution in [-0.4, -0.2) is 69.5 Å². The summed E-state index contributed by atoms with van der Waals surface area (Å²) in [5, 5.41) is 2.95. The van der Waals surface area contributed by atoms with E-state index in [-0.39, 0.29) is 75.8 Å². The molecular formula is C48H31F3N8O6Zn. The van der Waals surface area contributed by atoms with Crippen molar-refractivity contribution in [3.05, 3.63) is 131 Å². The molecule has 0 saturated carbocycles. The number of ether oxygens (including phenoxy) is 4. The number of fused-ring (bicyclic) bond motifs is 21. The van der Waals surface area contributed by atoms with Gasteiger partial charge in [-0.3, -0.25) is 0 Å².